The predicted octanol–water partition coefficient (Wildman–Crippen LogP) is 3.86. The average Bonchev–Trinajstić information content (AvgIpc) is 2.62. The third kappa shape index (κ3) is 4.91. The van der Waals surface area contributed by atoms with Crippen LogP contribution in [-0.4, -0.2) is 26.2 Å². The van der Waals surface area contributed by atoms with E-state index in [1.807, 2.05) is 48.5 Å². The Morgan fingerprint density at radius 1 is 1.08 bits per heavy atom. The van der Waals surface area contributed by atoms with E-state index in [1.165, 1.54) is 0 Å². The van der Waals surface area contributed by atoms with Crippen molar-refractivity contribution in [3.05, 3.63) is 54.1 Å². The molecular formula is C19H25N3O2. The van der Waals surface area contributed by atoms with Crippen LogP contribution in [0.15, 0.2) is 48.5 Å². The lowest BCUT2D eigenvalue weighted by atomic mass is 10.2. The van der Waals surface area contributed by atoms with Crippen molar-refractivity contribution in [2.45, 2.75) is 20.4 Å². The number of hydrogen-bond donors (Lipinski definition) is 2. The largest absolute Gasteiger partial charge is 0.497 e. The van der Waals surface area contributed by atoms with E-state index < -0.39 is 0 Å². The van der Waals surface area contributed by atoms with Crippen molar-refractivity contribution in [3.8, 4) is 5.75 Å². The van der Waals surface area contributed by atoms with Crippen LogP contribution >= 0.6 is 0 Å². The number of nitrogens with zero attached hydrogens (tertiary/aromatic N) is 1. The van der Waals surface area contributed by atoms with Crippen molar-refractivity contribution >= 4 is 17.4 Å². The van der Waals surface area contributed by atoms with Gasteiger partial charge in [-0.05, 0) is 55.8 Å². The Hall–Kier alpha value is -2.69. The van der Waals surface area contributed by atoms with Gasteiger partial charge < -0.3 is 20.3 Å². The molecule has 0 fully saturated rings. The summed E-state index contributed by atoms with van der Waals surface area (Å²) in [5.41, 5.74) is 2.91. The SMILES string of the molecule is CCN(CC)c1ccc(NC(=O)NCc2cccc(OC)c2)cc1. The Kier molecular flexibility index (Phi) is 6.49. The number of benzene rings is 2. The fourth-order valence-corrected chi connectivity index (χ4v) is 2.48. The third-order valence-corrected chi connectivity index (χ3v) is 3.84. The number of anilines is 2. The highest BCUT2D eigenvalue weighted by molar-refractivity contribution is 5.89. The monoisotopic (exact) mass is 327 g/mol. The zero-order valence-electron chi connectivity index (χ0n) is 14.5. The summed E-state index contributed by atoms with van der Waals surface area (Å²) in [5.74, 6) is 0.779. The number of rotatable bonds is 7. The molecule has 0 unspecified atom stereocenters. The standard InChI is InChI=1S/C19H25N3O2/c1-4-22(5-2)17-11-9-16(10-12-17)21-19(23)20-14-15-7-6-8-18(13-15)24-3/h6-13H,4-5,14H2,1-3H3,(H2,20,21,23). The van der Waals surface area contributed by atoms with Gasteiger partial charge in [0, 0.05) is 31.0 Å². The predicted molar refractivity (Wildman–Crippen MR) is 98.9 cm³/mol. The van der Waals surface area contributed by atoms with E-state index in [1.54, 1.807) is 7.11 Å². The molecule has 0 spiro atoms. The van der Waals surface area contributed by atoms with Gasteiger partial charge in [-0.25, -0.2) is 4.79 Å². The lowest BCUT2D eigenvalue weighted by Crippen LogP contribution is -2.28. The number of ether oxygens (including phenoxy) is 1. The Balaban J connectivity index is 1.87. The van der Waals surface area contributed by atoms with Crippen molar-refractivity contribution in [3.63, 3.8) is 0 Å². The van der Waals surface area contributed by atoms with E-state index in [0.717, 1.165) is 35.8 Å². The van der Waals surface area contributed by atoms with Gasteiger partial charge >= 0.3 is 6.03 Å². The molecule has 5 heteroatoms. The van der Waals surface area contributed by atoms with Crippen LogP contribution in [-0.2, 0) is 6.54 Å². The first-order valence-corrected chi connectivity index (χ1v) is 8.19. The summed E-state index contributed by atoms with van der Waals surface area (Å²) in [7, 11) is 1.63. The third-order valence-electron chi connectivity index (χ3n) is 3.84. The molecule has 0 bridgehead atoms. The molecule has 0 aromatic heterocycles. The second-order valence-electron chi connectivity index (χ2n) is 5.38. The maximum absolute atomic E-state index is 12.0. The Labute approximate surface area is 143 Å². The highest BCUT2D eigenvalue weighted by Gasteiger charge is 2.04. The van der Waals surface area contributed by atoms with E-state index >= 15 is 0 Å². The van der Waals surface area contributed by atoms with Crippen LogP contribution in [0.1, 0.15) is 19.4 Å². The molecular weight excluding hydrogens is 302 g/mol. The van der Waals surface area contributed by atoms with Crippen molar-refractivity contribution in [1.82, 2.24) is 5.32 Å². The summed E-state index contributed by atoms with van der Waals surface area (Å²) in [6.45, 7) is 6.62. The minimum absolute atomic E-state index is 0.228. The average molecular weight is 327 g/mol. The van der Waals surface area contributed by atoms with Gasteiger partial charge in [-0.2, -0.15) is 0 Å². The maximum Gasteiger partial charge on any atom is 0.319 e. The lowest BCUT2D eigenvalue weighted by molar-refractivity contribution is 0.251. The molecule has 24 heavy (non-hydrogen) atoms. The molecule has 0 saturated heterocycles. The van der Waals surface area contributed by atoms with Gasteiger partial charge in [-0.1, -0.05) is 12.1 Å². The van der Waals surface area contributed by atoms with E-state index in [2.05, 4.69) is 29.4 Å². The number of nitrogens with one attached hydrogen (secondary N) is 2. The molecule has 2 amide bonds. The van der Waals surface area contributed by atoms with E-state index in [0.29, 0.717) is 6.54 Å². The Bertz CT molecular complexity index is 652. The first kappa shape index (κ1) is 17.7. The molecule has 2 aromatic rings. The van der Waals surface area contributed by atoms with Crippen molar-refractivity contribution < 1.29 is 9.53 Å². The quantitative estimate of drug-likeness (QED) is 0.812. The molecule has 0 heterocycles. The van der Waals surface area contributed by atoms with Crippen LogP contribution < -0.4 is 20.3 Å². The second kappa shape index (κ2) is 8.82. The number of carbonyl (C=O) groups excluding carboxylic acids is 1. The minimum Gasteiger partial charge on any atom is -0.497 e. The first-order chi connectivity index (χ1) is 11.7. The maximum atomic E-state index is 12.0. The fourth-order valence-electron chi connectivity index (χ4n) is 2.48. The summed E-state index contributed by atoms with van der Waals surface area (Å²) >= 11 is 0. The first-order valence-electron chi connectivity index (χ1n) is 8.19. The van der Waals surface area contributed by atoms with Crippen molar-refractivity contribution in [1.29, 1.82) is 0 Å². The smallest absolute Gasteiger partial charge is 0.319 e. The van der Waals surface area contributed by atoms with Gasteiger partial charge in [0.15, 0.2) is 0 Å². The zero-order chi connectivity index (χ0) is 17.4. The minimum atomic E-state index is -0.228. The highest BCUT2D eigenvalue weighted by Crippen LogP contribution is 2.17. The topological polar surface area (TPSA) is 53.6 Å². The second-order valence-corrected chi connectivity index (χ2v) is 5.38. The van der Waals surface area contributed by atoms with Crippen molar-refractivity contribution in [2.75, 3.05) is 30.4 Å². The molecule has 2 rings (SSSR count). The molecule has 0 atom stereocenters. The number of amides is 2. The van der Waals surface area contributed by atoms with Gasteiger partial charge in [0.1, 0.15) is 5.75 Å². The molecule has 2 aromatic carbocycles. The van der Waals surface area contributed by atoms with Crippen molar-refractivity contribution in [2.24, 2.45) is 0 Å². The molecule has 0 aliphatic carbocycles. The van der Waals surface area contributed by atoms with Gasteiger partial charge in [0.25, 0.3) is 0 Å². The molecule has 128 valence electrons. The van der Waals surface area contributed by atoms with Gasteiger partial charge in [-0.3, -0.25) is 0 Å². The van der Waals surface area contributed by atoms with Crippen LogP contribution in [0.4, 0.5) is 16.2 Å². The normalized spacial score (nSPS) is 10.1. The number of urea groups is 1. The molecule has 0 radical (unpaired) electrons. The summed E-state index contributed by atoms with van der Waals surface area (Å²) in [6, 6.07) is 15.3. The van der Waals surface area contributed by atoms with Crippen LogP contribution in [0.25, 0.3) is 0 Å². The molecule has 0 aliphatic heterocycles. The van der Waals surface area contributed by atoms with Gasteiger partial charge in [0.05, 0.1) is 7.11 Å². The van der Waals surface area contributed by atoms with E-state index in [9.17, 15) is 4.79 Å². The molecule has 5 nitrogen and oxygen atoms in total. The molecule has 2 N–H and O–H groups in total. The summed E-state index contributed by atoms with van der Waals surface area (Å²) in [5, 5.41) is 5.69. The summed E-state index contributed by atoms with van der Waals surface area (Å²) in [6.07, 6.45) is 0. The van der Waals surface area contributed by atoms with E-state index in [-0.39, 0.29) is 6.03 Å². The Morgan fingerprint density at radius 2 is 1.79 bits per heavy atom. The zero-order valence-corrected chi connectivity index (χ0v) is 14.5. The van der Waals surface area contributed by atoms with Gasteiger partial charge in [-0.15, -0.1) is 0 Å². The lowest BCUT2D eigenvalue weighted by Gasteiger charge is -2.21. The fraction of sp³-hybridized carbons (Fsp3) is 0.316. The Morgan fingerprint density at radius 3 is 2.42 bits per heavy atom. The number of hydrogen-bond acceptors (Lipinski definition) is 3. The summed E-state index contributed by atoms with van der Waals surface area (Å²) < 4.78 is 5.17. The van der Waals surface area contributed by atoms with Crippen LogP contribution in [0.5, 0.6) is 5.75 Å². The van der Waals surface area contributed by atoms with Gasteiger partial charge in [0.2, 0.25) is 0 Å². The van der Waals surface area contributed by atoms with E-state index in [4.69, 9.17) is 4.74 Å². The van der Waals surface area contributed by atoms with Crippen LogP contribution in [0.3, 0.4) is 0 Å². The van der Waals surface area contributed by atoms with Crippen LogP contribution in [0, 0.1) is 0 Å². The number of carbonyl (C=O) groups is 1. The molecule has 0 saturated carbocycles. The molecule has 0 aliphatic rings. The van der Waals surface area contributed by atoms with Crippen LogP contribution in [0.2, 0.25) is 0 Å². The summed E-state index contributed by atoms with van der Waals surface area (Å²) in [4.78, 5) is 14.3. The number of methoxy groups -OCH3 is 1. The highest BCUT2D eigenvalue weighted by atomic mass is 16.5.